The second-order valence-corrected chi connectivity index (χ2v) is 7.42. The summed E-state index contributed by atoms with van der Waals surface area (Å²) in [7, 11) is 0. The lowest BCUT2D eigenvalue weighted by Crippen LogP contribution is -2.46. The fourth-order valence-electron chi connectivity index (χ4n) is 3.48. The Balaban J connectivity index is 1.61. The average molecular weight is 434 g/mol. The van der Waals surface area contributed by atoms with E-state index in [0.29, 0.717) is 23.5 Å². The van der Waals surface area contributed by atoms with Gasteiger partial charge in [0.1, 0.15) is 11.4 Å². The number of imidazole rings is 1. The third kappa shape index (κ3) is 3.97. The van der Waals surface area contributed by atoms with Crippen LogP contribution in [0.5, 0.6) is 5.75 Å². The topological polar surface area (TPSA) is 73.1 Å². The van der Waals surface area contributed by atoms with E-state index < -0.39 is 6.61 Å². The molecule has 3 aromatic rings. The maximum Gasteiger partial charge on any atom is 0.387 e. The number of hydrogen-bond donors (Lipinski definition) is 0. The number of aryl methyl sites for hydroxylation is 1. The minimum absolute atomic E-state index is 0.0551. The summed E-state index contributed by atoms with van der Waals surface area (Å²) >= 11 is 5.91. The number of aromatic nitrogens is 4. The van der Waals surface area contributed by atoms with Crippen molar-refractivity contribution in [2.45, 2.75) is 39.6 Å². The summed E-state index contributed by atoms with van der Waals surface area (Å²) in [6.07, 6.45) is 3.39. The number of fused-ring (bicyclic) bond motifs is 1. The first-order valence-corrected chi connectivity index (χ1v) is 9.61. The van der Waals surface area contributed by atoms with Gasteiger partial charge in [-0.1, -0.05) is 12.1 Å². The van der Waals surface area contributed by atoms with Crippen molar-refractivity contribution in [2.75, 3.05) is 0 Å². The standard InChI is InChI=1S/C20H18ClF2N5O2/c1-11-7-24-19(21)26-16(11)15-10-27-8-12(2)28(18(29)17(27)25-15)9-13-4-3-5-14(6-13)30-20(22)23/h3-7,10,12,20H,8-9H2,1-2H3/t12-/m0/s1. The molecule has 0 spiro atoms. The molecule has 1 aliphatic heterocycles. The molecule has 4 rings (SSSR count). The van der Waals surface area contributed by atoms with Crippen molar-refractivity contribution in [2.24, 2.45) is 0 Å². The first-order chi connectivity index (χ1) is 14.3. The zero-order chi connectivity index (χ0) is 21.4. The number of carbonyl (C=O) groups is 1. The van der Waals surface area contributed by atoms with Gasteiger partial charge in [0.15, 0.2) is 5.82 Å². The zero-order valence-corrected chi connectivity index (χ0v) is 17.0. The van der Waals surface area contributed by atoms with E-state index in [-0.39, 0.29) is 35.4 Å². The average Bonchev–Trinajstić information content (AvgIpc) is 3.10. The van der Waals surface area contributed by atoms with E-state index in [1.165, 1.54) is 12.1 Å². The van der Waals surface area contributed by atoms with Crippen LogP contribution in [0, 0.1) is 6.92 Å². The van der Waals surface area contributed by atoms with Gasteiger partial charge in [-0.2, -0.15) is 8.78 Å². The largest absolute Gasteiger partial charge is 0.435 e. The quantitative estimate of drug-likeness (QED) is 0.570. The summed E-state index contributed by atoms with van der Waals surface area (Å²) in [5.74, 6) is 0.0923. The lowest BCUT2D eigenvalue weighted by Gasteiger charge is -2.33. The molecule has 1 aromatic carbocycles. The maximum absolute atomic E-state index is 13.1. The van der Waals surface area contributed by atoms with E-state index in [9.17, 15) is 13.6 Å². The number of rotatable bonds is 5. The van der Waals surface area contributed by atoms with Crippen molar-refractivity contribution in [3.8, 4) is 17.1 Å². The molecular formula is C20H18ClF2N5O2. The van der Waals surface area contributed by atoms with Crippen LogP contribution in [-0.2, 0) is 13.1 Å². The van der Waals surface area contributed by atoms with Gasteiger partial charge in [0, 0.05) is 31.5 Å². The molecule has 0 radical (unpaired) electrons. The molecule has 0 unspecified atom stereocenters. The second kappa shape index (κ2) is 7.98. The van der Waals surface area contributed by atoms with E-state index in [4.69, 9.17) is 11.6 Å². The van der Waals surface area contributed by atoms with E-state index in [0.717, 1.165) is 5.56 Å². The van der Waals surface area contributed by atoms with Crippen LogP contribution in [0.15, 0.2) is 36.7 Å². The normalized spacial score (nSPS) is 16.1. The van der Waals surface area contributed by atoms with Crippen molar-refractivity contribution in [1.82, 2.24) is 24.4 Å². The summed E-state index contributed by atoms with van der Waals surface area (Å²) in [5.41, 5.74) is 2.59. The minimum Gasteiger partial charge on any atom is -0.435 e. The smallest absolute Gasteiger partial charge is 0.387 e. The third-order valence-electron chi connectivity index (χ3n) is 4.88. The predicted molar refractivity (Wildman–Crippen MR) is 105 cm³/mol. The van der Waals surface area contributed by atoms with Crippen LogP contribution < -0.4 is 4.74 Å². The number of benzene rings is 1. The summed E-state index contributed by atoms with van der Waals surface area (Å²) < 4.78 is 31.2. The van der Waals surface area contributed by atoms with E-state index >= 15 is 0 Å². The van der Waals surface area contributed by atoms with Crippen molar-refractivity contribution in [3.05, 3.63) is 58.9 Å². The van der Waals surface area contributed by atoms with Gasteiger partial charge in [0.25, 0.3) is 5.91 Å². The minimum atomic E-state index is -2.90. The summed E-state index contributed by atoms with van der Waals surface area (Å²) in [4.78, 5) is 27.4. The molecule has 2 aromatic heterocycles. The van der Waals surface area contributed by atoms with E-state index in [1.807, 2.05) is 13.8 Å². The van der Waals surface area contributed by atoms with Gasteiger partial charge >= 0.3 is 6.61 Å². The summed E-state index contributed by atoms with van der Waals surface area (Å²) in [5, 5.41) is 0.105. The van der Waals surface area contributed by atoms with Crippen LogP contribution in [0.4, 0.5) is 8.78 Å². The van der Waals surface area contributed by atoms with Crippen LogP contribution in [-0.4, -0.2) is 43.0 Å². The van der Waals surface area contributed by atoms with Crippen molar-refractivity contribution in [1.29, 1.82) is 0 Å². The van der Waals surface area contributed by atoms with Gasteiger partial charge < -0.3 is 14.2 Å². The number of nitrogens with zero attached hydrogens (tertiary/aromatic N) is 5. The molecule has 0 bridgehead atoms. The Kier molecular flexibility index (Phi) is 5.38. The van der Waals surface area contributed by atoms with Gasteiger partial charge in [-0.05, 0) is 48.7 Å². The van der Waals surface area contributed by atoms with E-state index in [1.54, 1.807) is 34.0 Å². The maximum atomic E-state index is 13.1. The molecule has 1 amide bonds. The SMILES string of the molecule is Cc1cnc(Cl)nc1-c1cn2c(n1)C(=O)N(Cc1cccc(OC(F)F)c1)[C@@H](C)C2. The number of amides is 1. The Labute approximate surface area is 176 Å². The van der Waals surface area contributed by atoms with Gasteiger partial charge in [0.2, 0.25) is 5.28 Å². The number of alkyl halides is 2. The molecule has 7 nitrogen and oxygen atoms in total. The highest BCUT2D eigenvalue weighted by Gasteiger charge is 2.32. The highest BCUT2D eigenvalue weighted by molar-refractivity contribution is 6.28. The van der Waals surface area contributed by atoms with Crippen LogP contribution >= 0.6 is 11.6 Å². The molecule has 3 heterocycles. The van der Waals surface area contributed by atoms with Gasteiger partial charge in [-0.15, -0.1) is 0 Å². The molecule has 0 aliphatic carbocycles. The number of halogens is 3. The molecule has 156 valence electrons. The fourth-order valence-corrected chi connectivity index (χ4v) is 3.61. The Bertz CT molecular complexity index is 1100. The predicted octanol–water partition coefficient (Wildman–Crippen LogP) is 3.95. The lowest BCUT2D eigenvalue weighted by atomic mass is 10.1. The van der Waals surface area contributed by atoms with Crippen LogP contribution in [0.2, 0.25) is 5.28 Å². The Hall–Kier alpha value is -3.07. The highest BCUT2D eigenvalue weighted by Crippen LogP contribution is 2.27. The van der Waals surface area contributed by atoms with Crippen LogP contribution in [0.1, 0.15) is 28.7 Å². The summed E-state index contributed by atoms with van der Waals surface area (Å²) in [6.45, 7) is 1.66. The molecule has 10 heteroatoms. The monoisotopic (exact) mass is 433 g/mol. The molecule has 0 N–H and O–H groups in total. The Morgan fingerprint density at radius 1 is 1.33 bits per heavy atom. The van der Waals surface area contributed by atoms with E-state index in [2.05, 4.69) is 19.7 Å². The van der Waals surface area contributed by atoms with Gasteiger partial charge in [-0.25, -0.2) is 15.0 Å². The first-order valence-electron chi connectivity index (χ1n) is 9.23. The van der Waals surface area contributed by atoms with Crippen molar-refractivity contribution >= 4 is 17.5 Å². The number of carbonyl (C=O) groups excluding carboxylic acids is 1. The zero-order valence-electron chi connectivity index (χ0n) is 16.2. The first kappa shape index (κ1) is 20.2. The third-order valence-corrected chi connectivity index (χ3v) is 5.07. The Morgan fingerprint density at radius 3 is 2.90 bits per heavy atom. The van der Waals surface area contributed by atoms with Crippen LogP contribution in [0.3, 0.4) is 0 Å². The molecule has 1 atom stereocenters. The molecule has 0 fully saturated rings. The van der Waals surface area contributed by atoms with Crippen molar-refractivity contribution in [3.63, 3.8) is 0 Å². The van der Waals surface area contributed by atoms with Crippen LogP contribution in [0.25, 0.3) is 11.4 Å². The Morgan fingerprint density at radius 2 is 2.13 bits per heavy atom. The highest BCUT2D eigenvalue weighted by atomic mass is 35.5. The fraction of sp³-hybridized carbons (Fsp3) is 0.300. The molecular weight excluding hydrogens is 416 g/mol. The molecule has 0 saturated carbocycles. The van der Waals surface area contributed by atoms with Crippen molar-refractivity contribution < 1.29 is 18.3 Å². The second-order valence-electron chi connectivity index (χ2n) is 7.08. The van der Waals surface area contributed by atoms with Gasteiger partial charge in [-0.3, -0.25) is 4.79 Å². The molecule has 1 aliphatic rings. The summed E-state index contributed by atoms with van der Waals surface area (Å²) in [6, 6.07) is 6.21. The molecule has 0 saturated heterocycles. The van der Waals surface area contributed by atoms with Gasteiger partial charge in [0.05, 0.1) is 5.69 Å². The number of ether oxygens (including phenoxy) is 1. The number of hydrogen-bond acceptors (Lipinski definition) is 5. The lowest BCUT2D eigenvalue weighted by molar-refractivity contribution is -0.0499. The molecule has 30 heavy (non-hydrogen) atoms.